The van der Waals surface area contributed by atoms with Crippen LogP contribution < -0.4 is 5.32 Å². The van der Waals surface area contributed by atoms with Gasteiger partial charge in [0.05, 0.1) is 0 Å². The third-order valence-electron chi connectivity index (χ3n) is 1.84. The largest absolute Gasteiger partial charge is 0.453 e. The summed E-state index contributed by atoms with van der Waals surface area (Å²) in [5, 5.41) is 2.79. The molecule has 0 saturated heterocycles. The lowest BCUT2D eigenvalue weighted by atomic mass is 10.1. The van der Waals surface area contributed by atoms with Crippen LogP contribution in [0.4, 0.5) is 10.5 Å². The van der Waals surface area contributed by atoms with Gasteiger partial charge >= 0.3 is 5.30 Å². The Morgan fingerprint density at radius 1 is 1.31 bits per heavy atom. The molecule has 0 aromatic heterocycles. The molecule has 4 heteroatoms. The van der Waals surface area contributed by atoms with Crippen molar-refractivity contribution in [2.24, 2.45) is 0 Å². The number of ether oxygens (including phenoxy) is 1. The van der Waals surface area contributed by atoms with Crippen LogP contribution in [0, 0.1) is 0 Å². The molecule has 0 radical (unpaired) electrons. The van der Waals surface area contributed by atoms with Gasteiger partial charge in [0.25, 0.3) is 0 Å². The highest BCUT2D eigenvalue weighted by atomic mass is 32.1. The Morgan fingerprint density at radius 3 is 2.31 bits per heavy atom. The second kappa shape index (κ2) is 5.25. The highest BCUT2D eigenvalue weighted by Gasteiger charge is 2.08. The maximum absolute atomic E-state index is 10.5. The maximum Gasteiger partial charge on any atom is 0.364 e. The predicted octanol–water partition coefficient (Wildman–Crippen LogP) is 3.46. The van der Waals surface area contributed by atoms with Crippen molar-refractivity contribution in [1.82, 2.24) is 0 Å². The van der Waals surface area contributed by atoms with E-state index in [1.54, 1.807) is 0 Å². The van der Waals surface area contributed by atoms with E-state index in [9.17, 15) is 4.79 Å². The Bertz CT molecular complexity index is 354. The maximum atomic E-state index is 10.5. The van der Waals surface area contributed by atoms with E-state index in [0.29, 0.717) is 0 Å². The van der Waals surface area contributed by atoms with Crippen LogP contribution in [0.1, 0.15) is 26.3 Å². The van der Waals surface area contributed by atoms with Gasteiger partial charge in [0.1, 0.15) is 6.61 Å². The molecule has 88 valence electrons. The number of benzene rings is 1. The van der Waals surface area contributed by atoms with Crippen LogP contribution in [-0.2, 0) is 11.3 Å². The van der Waals surface area contributed by atoms with Crippen molar-refractivity contribution in [2.45, 2.75) is 32.9 Å². The molecule has 0 spiro atoms. The third-order valence-corrected chi connectivity index (χ3v) is 1.96. The molecule has 3 nitrogen and oxygen atoms in total. The summed E-state index contributed by atoms with van der Waals surface area (Å²) in [5.74, 6) is 0. The van der Waals surface area contributed by atoms with Crippen LogP contribution in [0.5, 0.6) is 0 Å². The van der Waals surface area contributed by atoms with Crippen LogP contribution >= 0.6 is 12.6 Å². The lowest BCUT2D eigenvalue weighted by Gasteiger charge is -2.22. The minimum atomic E-state index is -0.558. The molecule has 0 fully saturated rings. The second-order valence-corrected chi connectivity index (χ2v) is 4.99. The van der Waals surface area contributed by atoms with Crippen LogP contribution in [0.2, 0.25) is 0 Å². The second-order valence-electron chi connectivity index (χ2n) is 4.63. The summed E-state index contributed by atoms with van der Waals surface area (Å²) in [4.78, 5) is 10.5. The van der Waals surface area contributed by atoms with Gasteiger partial charge in [0.2, 0.25) is 0 Å². The quantitative estimate of drug-likeness (QED) is 0.626. The molecular weight excluding hydrogens is 222 g/mol. The lowest BCUT2D eigenvalue weighted by molar-refractivity contribution is 0.169. The van der Waals surface area contributed by atoms with Gasteiger partial charge in [-0.05, 0) is 38.5 Å². The fourth-order valence-corrected chi connectivity index (χ4v) is 1.33. The minimum absolute atomic E-state index is 0.0408. The van der Waals surface area contributed by atoms with E-state index in [0.717, 1.165) is 11.3 Å². The van der Waals surface area contributed by atoms with Crippen LogP contribution in [-0.4, -0.2) is 10.8 Å². The Kier molecular flexibility index (Phi) is 4.24. The zero-order valence-electron chi connectivity index (χ0n) is 9.78. The summed E-state index contributed by atoms with van der Waals surface area (Å²) in [6.07, 6.45) is 0. The molecule has 0 saturated carbocycles. The number of rotatable bonds is 3. The third kappa shape index (κ3) is 5.07. The van der Waals surface area contributed by atoms with Gasteiger partial charge in [0, 0.05) is 11.2 Å². The molecule has 1 aromatic rings. The van der Waals surface area contributed by atoms with E-state index in [-0.39, 0.29) is 12.1 Å². The number of nitrogens with one attached hydrogen (secondary N) is 1. The lowest BCUT2D eigenvalue weighted by Crippen LogP contribution is -2.25. The molecule has 0 bridgehead atoms. The van der Waals surface area contributed by atoms with E-state index in [2.05, 4.69) is 38.7 Å². The molecule has 0 amide bonds. The van der Waals surface area contributed by atoms with Gasteiger partial charge in [-0.2, -0.15) is 0 Å². The monoisotopic (exact) mass is 239 g/mol. The number of anilines is 1. The molecule has 1 N–H and O–H groups in total. The first-order chi connectivity index (χ1) is 7.37. The molecule has 0 aliphatic rings. The van der Waals surface area contributed by atoms with Crippen molar-refractivity contribution in [3.63, 3.8) is 0 Å². The van der Waals surface area contributed by atoms with Gasteiger partial charge in [-0.25, -0.2) is 4.79 Å². The Labute approximate surface area is 102 Å². The Hall–Kier alpha value is -1.16. The van der Waals surface area contributed by atoms with Crippen molar-refractivity contribution < 1.29 is 9.53 Å². The van der Waals surface area contributed by atoms with E-state index >= 15 is 0 Å². The highest BCUT2D eigenvalue weighted by Crippen LogP contribution is 2.15. The van der Waals surface area contributed by atoms with Crippen molar-refractivity contribution in [3.8, 4) is 0 Å². The van der Waals surface area contributed by atoms with Crippen molar-refractivity contribution in [2.75, 3.05) is 5.32 Å². The van der Waals surface area contributed by atoms with E-state index < -0.39 is 5.30 Å². The molecule has 0 aliphatic heterocycles. The van der Waals surface area contributed by atoms with Gasteiger partial charge in [-0.15, -0.1) is 0 Å². The topological polar surface area (TPSA) is 38.3 Å². The summed E-state index contributed by atoms with van der Waals surface area (Å²) < 4.78 is 4.77. The molecular formula is C12H17NO2S. The summed E-state index contributed by atoms with van der Waals surface area (Å²) in [6.45, 7) is 6.56. The molecule has 16 heavy (non-hydrogen) atoms. The first kappa shape index (κ1) is 12.9. The average molecular weight is 239 g/mol. The Morgan fingerprint density at radius 2 is 1.88 bits per heavy atom. The van der Waals surface area contributed by atoms with Crippen LogP contribution in [0.15, 0.2) is 24.3 Å². The SMILES string of the molecule is CC(C)(C)Nc1ccc(COC(=O)S)cc1. The fraction of sp³-hybridized carbons (Fsp3) is 0.417. The number of carbonyl (C=O) groups is 1. The predicted molar refractivity (Wildman–Crippen MR) is 69.0 cm³/mol. The molecule has 0 atom stereocenters. The zero-order chi connectivity index (χ0) is 12.2. The van der Waals surface area contributed by atoms with Crippen molar-refractivity contribution >= 4 is 23.6 Å². The smallest absolute Gasteiger partial charge is 0.364 e. The summed E-state index contributed by atoms with van der Waals surface area (Å²) in [5.41, 5.74) is 2.04. The molecule has 1 rings (SSSR count). The zero-order valence-corrected chi connectivity index (χ0v) is 10.7. The molecule has 0 heterocycles. The van der Waals surface area contributed by atoms with Crippen LogP contribution in [0.3, 0.4) is 0 Å². The van der Waals surface area contributed by atoms with E-state index in [4.69, 9.17) is 4.74 Å². The first-order valence-corrected chi connectivity index (χ1v) is 5.54. The Balaban J connectivity index is 2.57. The first-order valence-electron chi connectivity index (χ1n) is 5.10. The normalized spacial score (nSPS) is 11.0. The molecule has 0 aliphatic carbocycles. The number of carbonyl (C=O) groups excluding carboxylic acids is 1. The standard InChI is InChI=1S/C12H17NO2S/c1-12(2,3)13-10-6-4-9(5-7-10)8-15-11(14)16/h4-7,13H,8H2,1-3H3,(H,14,16). The fourth-order valence-electron chi connectivity index (χ4n) is 1.26. The molecule has 0 unspecified atom stereocenters. The average Bonchev–Trinajstić information content (AvgIpc) is 2.14. The van der Waals surface area contributed by atoms with Crippen LogP contribution in [0.25, 0.3) is 0 Å². The number of hydrogen-bond acceptors (Lipinski definition) is 3. The van der Waals surface area contributed by atoms with E-state index in [1.165, 1.54) is 0 Å². The summed E-state index contributed by atoms with van der Waals surface area (Å²) >= 11 is 3.53. The van der Waals surface area contributed by atoms with Crippen molar-refractivity contribution in [1.29, 1.82) is 0 Å². The van der Waals surface area contributed by atoms with Crippen molar-refractivity contribution in [3.05, 3.63) is 29.8 Å². The highest BCUT2D eigenvalue weighted by molar-refractivity contribution is 7.96. The van der Waals surface area contributed by atoms with Gasteiger partial charge in [-0.3, -0.25) is 0 Å². The summed E-state index contributed by atoms with van der Waals surface area (Å²) in [6, 6.07) is 7.77. The van der Waals surface area contributed by atoms with Gasteiger partial charge in [-0.1, -0.05) is 24.8 Å². The van der Waals surface area contributed by atoms with E-state index in [1.807, 2.05) is 24.3 Å². The van der Waals surface area contributed by atoms with Gasteiger partial charge in [0.15, 0.2) is 0 Å². The molecule has 1 aromatic carbocycles. The summed E-state index contributed by atoms with van der Waals surface area (Å²) in [7, 11) is 0. The number of hydrogen-bond donors (Lipinski definition) is 2. The minimum Gasteiger partial charge on any atom is -0.453 e. The number of thiol groups is 1. The van der Waals surface area contributed by atoms with Gasteiger partial charge < -0.3 is 10.1 Å².